The Hall–Kier alpha value is -2.11. The Labute approximate surface area is 105 Å². The summed E-state index contributed by atoms with van der Waals surface area (Å²) in [4.78, 5) is 29.2. The highest BCUT2D eigenvalue weighted by Gasteiger charge is 2.23. The van der Waals surface area contributed by atoms with Gasteiger partial charge >= 0.3 is 0 Å². The molecule has 2 heterocycles. The summed E-state index contributed by atoms with van der Waals surface area (Å²) in [5.41, 5.74) is 0.433. The van der Waals surface area contributed by atoms with Gasteiger partial charge in [-0.05, 0) is 12.5 Å². The Morgan fingerprint density at radius 1 is 1.56 bits per heavy atom. The molecule has 1 N–H and O–H groups in total. The minimum absolute atomic E-state index is 0.0876. The standard InChI is InChI=1S/C12H15N3O3/c1-18-10-7-13-5-3-9(10)12(17)15-6-2-4-14-11(16)8-15/h3,5,7H,2,4,6,8H2,1H3,(H,14,16). The van der Waals surface area contributed by atoms with Gasteiger partial charge in [0.2, 0.25) is 5.91 Å². The van der Waals surface area contributed by atoms with Gasteiger partial charge in [-0.15, -0.1) is 0 Å². The fourth-order valence-electron chi connectivity index (χ4n) is 1.87. The molecule has 18 heavy (non-hydrogen) atoms. The maximum absolute atomic E-state index is 12.3. The van der Waals surface area contributed by atoms with E-state index in [2.05, 4.69) is 10.3 Å². The van der Waals surface area contributed by atoms with Crippen LogP contribution in [-0.4, -0.2) is 48.4 Å². The second-order valence-corrected chi connectivity index (χ2v) is 4.01. The summed E-state index contributed by atoms with van der Waals surface area (Å²) in [5, 5.41) is 2.73. The molecular formula is C12H15N3O3. The predicted molar refractivity (Wildman–Crippen MR) is 64.3 cm³/mol. The molecule has 6 nitrogen and oxygen atoms in total. The Morgan fingerprint density at radius 3 is 3.17 bits per heavy atom. The van der Waals surface area contributed by atoms with Crippen molar-refractivity contribution in [2.45, 2.75) is 6.42 Å². The third kappa shape index (κ3) is 2.58. The van der Waals surface area contributed by atoms with E-state index in [0.29, 0.717) is 24.4 Å². The summed E-state index contributed by atoms with van der Waals surface area (Å²) >= 11 is 0. The minimum atomic E-state index is -0.202. The van der Waals surface area contributed by atoms with Crippen molar-refractivity contribution in [1.29, 1.82) is 0 Å². The van der Waals surface area contributed by atoms with Crippen LogP contribution in [0.1, 0.15) is 16.8 Å². The smallest absolute Gasteiger partial charge is 0.258 e. The zero-order valence-corrected chi connectivity index (χ0v) is 10.2. The molecule has 0 atom stereocenters. The molecule has 0 unspecified atom stereocenters. The van der Waals surface area contributed by atoms with Gasteiger partial charge in [-0.3, -0.25) is 14.6 Å². The Morgan fingerprint density at radius 2 is 2.39 bits per heavy atom. The second-order valence-electron chi connectivity index (χ2n) is 4.01. The number of amides is 2. The third-order valence-electron chi connectivity index (χ3n) is 2.78. The first-order valence-corrected chi connectivity index (χ1v) is 5.76. The maximum Gasteiger partial charge on any atom is 0.258 e. The summed E-state index contributed by atoms with van der Waals surface area (Å²) < 4.78 is 5.10. The summed E-state index contributed by atoms with van der Waals surface area (Å²) in [5.74, 6) is 0.0901. The largest absolute Gasteiger partial charge is 0.494 e. The lowest BCUT2D eigenvalue weighted by Crippen LogP contribution is -2.37. The molecule has 1 aromatic rings. The van der Waals surface area contributed by atoms with E-state index in [0.717, 1.165) is 6.42 Å². The topological polar surface area (TPSA) is 71.5 Å². The average molecular weight is 249 g/mol. The van der Waals surface area contributed by atoms with E-state index in [9.17, 15) is 9.59 Å². The molecule has 2 amide bonds. The number of methoxy groups -OCH3 is 1. The molecule has 0 bridgehead atoms. The normalized spacial score (nSPS) is 15.8. The fraction of sp³-hybridized carbons (Fsp3) is 0.417. The highest BCUT2D eigenvalue weighted by molar-refractivity contribution is 5.98. The molecule has 1 aromatic heterocycles. The highest BCUT2D eigenvalue weighted by atomic mass is 16.5. The molecular weight excluding hydrogens is 234 g/mol. The van der Waals surface area contributed by atoms with Crippen molar-refractivity contribution >= 4 is 11.8 Å². The Kier molecular flexibility index (Phi) is 3.76. The zero-order valence-electron chi connectivity index (χ0n) is 10.2. The van der Waals surface area contributed by atoms with Crippen LogP contribution >= 0.6 is 0 Å². The van der Waals surface area contributed by atoms with Crippen molar-refractivity contribution in [3.8, 4) is 5.75 Å². The van der Waals surface area contributed by atoms with E-state index < -0.39 is 0 Å². The highest BCUT2D eigenvalue weighted by Crippen LogP contribution is 2.18. The number of nitrogens with zero attached hydrogens (tertiary/aromatic N) is 2. The Balaban J connectivity index is 2.21. The van der Waals surface area contributed by atoms with Gasteiger partial charge in [0, 0.05) is 19.3 Å². The van der Waals surface area contributed by atoms with Crippen LogP contribution in [-0.2, 0) is 4.79 Å². The molecule has 0 radical (unpaired) electrons. The summed E-state index contributed by atoms with van der Waals surface area (Å²) in [6.45, 7) is 1.25. The number of ether oxygens (including phenoxy) is 1. The molecule has 1 aliphatic rings. The molecule has 0 spiro atoms. The van der Waals surface area contributed by atoms with Gasteiger partial charge in [-0.25, -0.2) is 0 Å². The lowest BCUT2D eigenvalue weighted by atomic mass is 10.2. The lowest BCUT2D eigenvalue weighted by molar-refractivity contribution is -0.121. The third-order valence-corrected chi connectivity index (χ3v) is 2.78. The molecule has 96 valence electrons. The average Bonchev–Trinajstić information content (AvgIpc) is 2.62. The van der Waals surface area contributed by atoms with Gasteiger partial charge in [-0.1, -0.05) is 0 Å². The number of nitrogens with one attached hydrogen (secondary N) is 1. The Bertz CT molecular complexity index is 462. The van der Waals surface area contributed by atoms with Gasteiger partial charge in [0.1, 0.15) is 5.75 Å². The van der Waals surface area contributed by atoms with Crippen molar-refractivity contribution in [3.63, 3.8) is 0 Å². The molecule has 2 rings (SSSR count). The van der Waals surface area contributed by atoms with E-state index in [1.165, 1.54) is 24.4 Å². The van der Waals surface area contributed by atoms with E-state index in [4.69, 9.17) is 4.74 Å². The molecule has 0 aliphatic carbocycles. The van der Waals surface area contributed by atoms with Crippen LogP contribution in [0, 0.1) is 0 Å². The quantitative estimate of drug-likeness (QED) is 0.804. The number of aromatic nitrogens is 1. The van der Waals surface area contributed by atoms with E-state index in [1.807, 2.05) is 0 Å². The first-order valence-electron chi connectivity index (χ1n) is 5.76. The fourth-order valence-corrected chi connectivity index (χ4v) is 1.87. The molecule has 0 aromatic carbocycles. The van der Waals surface area contributed by atoms with Crippen LogP contribution in [0.5, 0.6) is 5.75 Å². The number of pyridine rings is 1. The first-order chi connectivity index (χ1) is 8.72. The van der Waals surface area contributed by atoms with E-state index in [1.54, 1.807) is 6.07 Å². The van der Waals surface area contributed by atoms with Gasteiger partial charge in [0.25, 0.3) is 5.91 Å². The van der Waals surface area contributed by atoms with Crippen molar-refractivity contribution < 1.29 is 14.3 Å². The van der Waals surface area contributed by atoms with Crippen molar-refractivity contribution in [2.24, 2.45) is 0 Å². The van der Waals surface area contributed by atoms with Crippen LogP contribution in [0.3, 0.4) is 0 Å². The second kappa shape index (κ2) is 5.48. The number of hydrogen-bond donors (Lipinski definition) is 1. The van der Waals surface area contributed by atoms with Gasteiger partial charge in [0.15, 0.2) is 0 Å². The lowest BCUT2D eigenvalue weighted by Gasteiger charge is -2.19. The summed E-state index contributed by atoms with van der Waals surface area (Å²) in [7, 11) is 1.49. The SMILES string of the molecule is COc1cnccc1C(=O)N1CCCNC(=O)C1. The van der Waals surface area contributed by atoms with Crippen LogP contribution in [0.25, 0.3) is 0 Å². The molecule has 1 aliphatic heterocycles. The van der Waals surface area contributed by atoms with E-state index in [-0.39, 0.29) is 18.4 Å². The number of hydrogen-bond acceptors (Lipinski definition) is 4. The number of rotatable bonds is 2. The van der Waals surface area contributed by atoms with Gasteiger partial charge < -0.3 is 15.0 Å². The summed E-state index contributed by atoms with van der Waals surface area (Å²) in [6, 6.07) is 1.60. The van der Waals surface area contributed by atoms with Crippen LogP contribution in [0.15, 0.2) is 18.5 Å². The zero-order chi connectivity index (χ0) is 13.0. The molecule has 6 heteroatoms. The summed E-state index contributed by atoms with van der Waals surface area (Å²) in [6.07, 6.45) is 3.78. The van der Waals surface area contributed by atoms with Crippen LogP contribution in [0.4, 0.5) is 0 Å². The van der Waals surface area contributed by atoms with Crippen molar-refractivity contribution in [2.75, 3.05) is 26.7 Å². The number of carbonyl (C=O) groups is 2. The van der Waals surface area contributed by atoms with Gasteiger partial charge in [-0.2, -0.15) is 0 Å². The minimum Gasteiger partial charge on any atom is -0.494 e. The van der Waals surface area contributed by atoms with Crippen molar-refractivity contribution in [1.82, 2.24) is 15.2 Å². The maximum atomic E-state index is 12.3. The van der Waals surface area contributed by atoms with Crippen LogP contribution < -0.4 is 10.1 Å². The molecule has 1 fully saturated rings. The van der Waals surface area contributed by atoms with Crippen molar-refractivity contribution in [3.05, 3.63) is 24.0 Å². The van der Waals surface area contributed by atoms with Crippen LogP contribution in [0.2, 0.25) is 0 Å². The number of carbonyl (C=O) groups excluding carboxylic acids is 2. The molecule has 0 saturated carbocycles. The first kappa shape index (κ1) is 12.3. The van der Waals surface area contributed by atoms with Gasteiger partial charge in [0.05, 0.1) is 25.4 Å². The van der Waals surface area contributed by atoms with E-state index >= 15 is 0 Å². The molecule has 1 saturated heterocycles. The monoisotopic (exact) mass is 249 g/mol. The predicted octanol–water partition coefficient (Wildman–Crippen LogP) is 0.0523.